The Kier molecular flexibility index (Phi) is 3.32. The second-order valence-electron chi connectivity index (χ2n) is 4.56. The van der Waals surface area contributed by atoms with Gasteiger partial charge in [0, 0.05) is 10.3 Å². The van der Waals surface area contributed by atoms with Crippen LogP contribution in [0, 0.1) is 12.7 Å². The molecule has 0 N–H and O–H groups in total. The molecule has 1 nitrogen and oxygen atoms in total. The summed E-state index contributed by atoms with van der Waals surface area (Å²) in [5, 5.41) is 1.17. The third kappa shape index (κ3) is 2.23. The Labute approximate surface area is 124 Å². The molecule has 4 heteroatoms. The Balaban J connectivity index is 2.10. The number of hydrogen-bond acceptors (Lipinski definition) is 2. The number of hydrogen-bond donors (Lipinski definition) is 0. The highest BCUT2D eigenvalue weighted by atomic mass is 35.5. The van der Waals surface area contributed by atoms with E-state index in [1.807, 2.05) is 30.3 Å². The van der Waals surface area contributed by atoms with Crippen molar-refractivity contribution in [3.05, 3.63) is 69.3 Å². The molecule has 0 saturated carbocycles. The zero-order valence-electron chi connectivity index (χ0n) is 10.6. The van der Waals surface area contributed by atoms with E-state index in [1.54, 1.807) is 6.92 Å². The van der Waals surface area contributed by atoms with Crippen LogP contribution in [0.15, 0.2) is 42.5 Å². The van der Waals surface area contributed by atoms with E-state index in [2.05, 4.69) is 0 Å². The van der Waals surface area contributed by atoms with Crippen LogP contribution in [-0.4, -0.2) is 5.78 Å². The van der Waals surface area contributed by atoms with Crippen LogP contribution in [-0.2, 0) is 0 Å². The van der Waals surface area contributed by atoms with Crippen molar-refractivity contribution in [3.8, 4) is 0 Å². The van der Waals surface area contributed by atoms with E-state index in [1.165, 1.54) is 23.5 Å². The van der Waals surface area contributed by atoms with Crippen LogP contribution in [0.5, 0.6) is 0 Å². The van der Waals surface area contributed by atoms with Crippen molar-refractivity contribution in [2.45, 2.75) is 6.92 Å². The second-order valence-corrected chi connectivity index (χ2v) is 6.05. The fourth-order valence-corrected chi connectivity index (χ4v) is 3.31. The number of rotatable bonds is 2. The topological polar surface area (TPSA) is 17.1 Å². The first-order valence-corrected chi connectivity index (χ1v) is 7.24. The van der Waals surface area contributed by atoms with Crippen molar-refractivity contribution in [2.24, 2.45) is 0 Å². The molecule has 0 unspecified atom stereocenters. The third-order valence-corrected chi connectivity index (χ3v) is 4.57. The first-order valence-electron chi connectivity index (χ1n) is 6.05. The first kappa shape index (κ1) is 13.3. The second kappa shape index (κ2) is 5.00. The Morgan fingerprint density at radius 3 is 2.70 bits per heavy atom. The molecule has 1 aromatic heterocycles. The summed E-state index contributed by atoms with van der Waals surface area (Å²) in [4.78, 5) is 13.1. The fraction of sp³-hybridized carbons (Fsp3) is 0.0625. The van der Waals surface area contributed by atoms with Gasteiger partial charge in [0.2, 0.25) is 5.78 Å². The summed E-state index contributed by atoms with van der Waals surface area (Å²) >= 11 is 7.41. The maximum atomic E-state index is 13.4. The van der Waals surface area contributed by atoms with Crippen molar-refractivity contribution in [3.63, 3.8) is 0 Å². The lowest BCUT2D eigenvalue weighted by Crippen LogP contribution is -2.01. The summed E-state index contributed by atoms with van der Waals surface area (Å²) in [6, 6.07) is 12.3. The van der Waals surface area contributed by atoms with Crippen molar-refractivity contribution < 1.29 is 9.18 Å². The number of halogens is 2. The number of thiophene rings is 1. The van der Waals surface area contributed by atoms with Gasteiger partial charge < -0.3 is 0 Å². The largest absolute Gasteiger partial charge is 0.288 e. The van der Waals surface area contributed by atoms with Crippen LogP contribution >= 0.6 is 22.9 Å². The van der Waals surface area contributed by atoms with Gasteiger partial charge in [0.25, 0.3) is 0 Å². The molecule has 0 radical (unpaired) electrons. The molecule has 100 valence electrons. The molecular formula is C16H10ClFOS. The van der Waals surface area contributed by atoms with Crippen LogP contribution in [0.2, 0.25) is 5.02 Å². The number of benzene rings is 2. The molecule has 0 amide bonds. The SMILES string of the molecule is Cc1cc(C(=O)c2cc3ccccc3s2)c(Cl)cc1F. The fourth-order valence-electron chi connectivity index (χ4n) is 2.06. The van der Waals surface area contributed by atoms with Crippen molar-refractivity contribution in [2.75, 3.05) is 0 Å². The van der Waals surface area contributed by atoms with Gasteiger partial charge in [0.15, 0.2) is 0 Å². The van der Waals surface area contributed by atoms with E-state index in [-0.39, 0.29) is 10.8 Å². The van der Waals surface area contributed by atoms with Gasteiger partial charge in [0.05, 0.1) is 9.90 Å². The molecule has 0 aliphatic heterocycles. The summed E-state index contributed by atoms with van der Waals surface area (Å²) in [5.74, 6) is -0.567. The Morgan fingerprint density at radius 2 is 1.95 bits per heavy atom. The lowest BCUT2D eigenvalue weighted by atomic mass is 10.1. The van der Waals surface area contributed by atoms with Gasteiger partial charge in [-0.2, -0.15) is 0 Å². The van der Waals surface area contributed by atoms with E-state index in [0.717, 1.165) is 10.1 Å². The van der Waals surface area contributed by atoms with E-state index < -0.39 is 5.82 Å². The Morgan fingerprint density at radius 1 is 1.20 bits per heavy atom. The molecule has 3 aromatic rings. The van der Waals surface area contributed by atoms with Gasteiger partial charge >= 0.3 is 0 Å². The molecule has 1 heterocycles. The van der Waals surface area contributed by atoms with Crippen molar-refractivity contribution in [1.29, 1.82) is 0 Å². The van der Waals surface area contributed by atoms with Gasteiger partial charge in [-0.05, 0) is 42.1 Å². The molecule has 0 spiro atoms. The highest BCUT2D eigenvalue weighted by molar-refractivity contribution is 7.21. The summed E-state index contributed by atoms with van der Waals surface area (Å²) in [5.41, 5.74) is 0.760. The van der Waals surface area contributed by atoms with Crippen LogP contribution in [0.1, 0.15) is 20.8 Å². The monoisotopic (exact) mass is 304 g/mol. The highest BCUT2D eigenvalue weighted by Crippen LogP contribution is 2.30. The minimum atomic E-state index is -0.400. The zero-order valence-corrected chi connectivity index (χ0v) is 12.2. The number of carbonyl (C=O) groups excluding carboxylic acids is 1. The van der Waals surface area contributed by atoms with Crippen molar-refractivity contribution >= 4 is 38.8 Å². The minimum absolute atomic E-state index is 0.149. The van der Waals surface area contributed by atoms with Crippen molar-refractivity contribution in [1.82, 2.24) is 0 Å². The van der Waals surface area contributed by atoms with Crippen LogP contribution in [0.3, 0.4) is 0 Å². The van der Waals surface area contributed by atoms with Gasteiger partial charge in [0.1, 0.15) is 5.82 Å². The Hall–Kier alpha value is -1.71. The average Bonchev–Trinajstić information content (AvgIpc) is 2.86. The summed E-state index contributed by atoms with van der Waals surface area (Å²) in [6.45, 7) is 1.62. The zero-order chi connectivity index (χ0) is 14.3. The number of carbonyl (C=O) groups is 1. The van der Waals surface area contributed by atoms with Crippen LogP contribution in [0.25, 0.3) is 10.1 Å². The number of ketones is 1. The molecule has 0 bridgehead atoms. The van der Waals surface area contributed by atoms with Crippen LogP contribution < -0.4 is 0 Å². The molecule has 3 rings (SSSR count). The van der Waals surface area contributed by atoms with Gasteiger partial charge in [-0.25, -0.2) is 4.39 Å². The summed E-state index contributed by atoms with van der Waals surface area (Å²) in [7, 11) is 0. The molecule has 0 aliphatic carbocycles. The smallest absolute Gasteiger partial charge is 0.204 e. The molecule has 0 saturated heterocycles. The predicted molar refractivity (Wildman–Crippen MR) is 81.4 cm³/mol. The summed E-state index contributed by atoms with van der Waals surface area (Å²) in [6.07, 6.45) is 0. The minimum Gasteiger partial charge on any atom is -0.288 e. The van der Waals surface area contributed by atoms with E-state index in [0.29, 0.717) is 16.0 Å². The van der Waals surface area contributed by atoms with E-state index in [4.69, 9.17) is 11.6 Å². The normalized spacial score (nSPS) is 10.9. The maximum Gasteiger partial charge on any atom is 0.204 e. The molecule has 2 aromatic carbocycles. The Bertz CT molecular complexity index is 789. The molecule has 0 atom stereocenters. The molecule has 20 heavy (non-hydrogen) atoms. The lowest BCUT2D eigenvalue weighted by Gasteiger charge is -2.04. The van der Waals surface area contributed by atoms with Crippen LogP contribution in [0.4, 0.5) is 4.39 Å². The summed E-state index contributed by atoms with van der Waals surface area (Å²) < 4.78 is 14.4. The standard InChI is InChI=1S/C16H10ClFOS/c1-9-6-11(12(17)8-13(9)18)16(19)15-7-10-4-2-3-5-14(10)20-15/h2-8H,1H3. The predicted octanol–water partition coefficient (Wildman–Crippen LogP) is 5.23. The number of fused-ring (bicyclic) bond motifs is 1. The number of aryl methyl sites for hydroxylation is 1. The maximum absolute atomic E-state index is 13.4. The highest BCUT2D eigenvalue weighted by Gasteiger charge is 2.17. The van der Waals surface area contributed by atoms with E-state index >= 15 is 0 Å². The van der Waals surface area contributed by atoms with Gasteiger partial charge in [-0.1, -0.05) is 29.8 Å². The quantitative estimate of drug-likeness (QED) is 0.592. The van der Waals surface area contributed by atoms with E-state index in [9.17, 15) is 9.18 Å². The first-order chi connectivity index (χ1) is 9.56. The molecule has 0 fully saturated rings. The average molecular weight is 305 g/mol. The van der Waals surface area contributed by atoms with Gasteiger partial charge in [-0.15, -0.1) is 11.3 Å². The lowest BCUT2D eigenvalue weighted by molar-refractivity contribution is 0.104. The molecule has 0 aliphatic rings. The third-order valence-electron chi connectivity index (χ3n) is 3.14. The van der Waals surface area contributed by atoms with Gasteiger partial charge in [-0.3, -0.25) is 4.79 Å². The molecular weight excluding hydrogens is 295 g/mol.